The topological polar surface area (TPSA) is 29.5 Å². The molecule has 1 aromatic carbocycles. The summed E-state index contributed by atoms with van der Waals surface area (Å²) >= 11 is 3.45. The van der Waals surface area contributed by atoms with Crippen molar-refractivity contribution in [3.63, 3.8) is 0 Å². The summed E-state index contributed by atoms with van der Waals surface area (Å²) in [5.41, 5.74) is 0.991. The van der Waals surface area contributed by atoms with Crippen molar-refractivity contribution >= 4 is 22.0 Å². The average molecular weight is 344 g/mol. The molecule has 0 unspecified atom stereocenters. The van der Waals surface area contributed by atoms with Gasteiger partial charge in [0.25, 0.3) is 0 Å². The van der Waals surface area contributed by atoms with Crippen LogP contribution in [0.4, 0.5) is 9.18 Å². The highest BCUT2D eigenvalue weighted by atomic mass is 79.9. The van der Waals surface area contributed by atoms with Crippen LogP contribution in [0.2, 0.25) is 0 Å². The van der Waals surface area contributed by atoms with Crippen molar-refractivity contribution in [1.29, 1.82) is 0 Å². The van der Waals surface area contributed by atoms with Crippen molar-refractivity contribution in [2.45, 2.75) is 45.8 Å². The number of ether oxygens (including phenoxy) is 1. The Morgan fingerprint density at radius 2 is 2.10 bits per heavy atom. The largest absolute Gasteiger partial charge is 0.444 e. The van der Waals surface area contributed by atoms with Gasteiger partial charge in [-0.2, -0.15) is 0 Å². The number of amides is 1. The number of carbonyl (C=O) groups is 1. The van der Waals surface area contributed by atoms with Gasteiger partial charge < -0.3 is 9.64 Å². The van der Waals surface area contributed by atoms with Crippen molar-refractivity contribution in [2.75, 3.05) is 6.54 Å². The van der Waals surface area contributed by atoms with Crippen molar-refractivity contribution in [3.05, 3.63) is 33.5 Å². The molecular formula is C15H19BrFNO2. The summed E-state index contributed by atoms with van der Waals surface area (Å²) in [6.07, 6.45) is 0.149. The minimum atomic E-state index is -0.531. The number of benzene rings is 1. The second-order valence-electron chi connectivity index (χ2n) is 6.02. The molecule has 1 heterocycles. The van der Waals surface area contributed by atoms with Gasteiger partial charge in [0.05, 0.1) is 6.04 Å². The van der Waals surface area contributed by atoms with Crippen LogP contribution in [0.5, 0.6) is 0 Å². The van der Waals surface area contributed by atoms with E-state index in [1.807, 2.05) is 27.7 Å². The third-order valence-corrected chi connectivity index (χ3v) is 4.05. The van der Waals surface area contributed by atoms with Crippen LogP contribution in [0.1, 0.15) is 44.9 Å². The molecule has 1 amide bonds. The Kier molecular flexibility index (Phi) is 4.09. The minimum absolute atomic E-state index is 0.209. The number of hydrogen-bond acceptors (Lipinski definition) is 2. The van der Waals surface area contributed by atoms with E-state index in [1.165, 1.54) is 6.07 Å². The molecule has 0 saturated carbocycles. The molecule has 0 saturated heterocycles. The van der Waals surface area contributed by atoms with Crippen molar-refractivity contribution in [2.24, 2.45) is 0 Å². The summed E-state index contributed by atoms with van der Waals surface area (Å²) < 4.78 is 20.1. The summed E-state index contributed by atoms with van der Waals surface area (Å²) in [6, 6.07) is 2.93. The molecular weight excluding hydrogens is 325 g/mol. The zero-order valence-corrected chi connectivity index (χ0v) is 13.8. The lowest BCUT2D eigenvalue weighted by Gasteiger charge is -2.36. The fraction of sp³-hybridized carbons (Fsp3) is 0.533. The molecule has 0 aromatic heterocycles. The van der Waals surface area contributed by atoms with Gasteiger partial charge in [-0.15, -0.1) is 0 Å². The lowest BCUT2D eigenvalue weighted by atomic mass is 9.93. The predicted octanol–water partition coefficient (Wildman–Crippen LogP) is 4.44. The fourth-order valence-corrected chi connectivity index (χ4v) is 3.17. The minimum Gasteiger partial charge on any atom is -0.444 e. The number of nitrogens with zero attached hydrogens (tertiary/aromatic N) is 1. The third-order valence-electron chi connectivity index (χ3n) is 3.36. The molecule has 5 heteroatoms. The van der Waals surface area contributed by atoms with E-state index in [4.69, 9.17) is 4.74 Å². The highest BCUT2D eigenvalue weighted by molar-refractivity contribution is 9.10. The summed E-state index contributed by atoms with van der Waals surface area (Å²) in [5.74, 6) is -0.209. The Bertz CT molecular complexity index is 539. The molecule has 0 N–H and O–H groups in total. The van der Waals surface area contributed by atoms with E-state index in [-0.39, 0.29) is 18.0 Å². The molecule has 0 bridgehead atoms. The third kappa shape index (κ3) is 2.97. The van der Waals surface area contributed by atoms with Crippen LogP contribution in [0.25, 0.3) is 0 Å². The van der Waals surface area contributed by atoms with Gasteiger partial charge in [-0.05, 0) is 57.4 Å². The van der Waals surface area contributed by atoms with E-state index in [1.54, 1.807) is 11.0 Å². The molecule has 0 spiro atoms. The van der Waals surface area contributed by atoms with Crippen LogP contribution in [0.3, 0.4) is 0 Å². The maximum atomic E-state index is 13.9. The predicted molar refractivity (Wildman–Crippen MR) is 79.2 cm³/mol. The maximum absolute atomic E-state index is 13.9. The molecule has 3 nitrogen and oxygen atoms in total. The van der Waals surface area contributed by atoms with Crippen molar-refractivity contribution in [3.8, 4) is 0 Å². The Balaban J connectivity index is 2.30. The van der Waals surface area contributed by atoms with Crippen LogP contribution in [-0.4, -0.2) is 23.1 Å². The van der Waals surface area contributed by atoms with Gasteiger partial charge in [-0.1, -0.05) is 15.9 Å². The Morgan fingerprint density at radius 1 is 1.45 bits per heavy atom. The second-order valence-corrected chi connectivity index (χ2v) is 6.88. The van der Waals surface area contributed by atoms with Crippen LogP contribution >= 0.6 is 15.9 Å². The molecule has 0 fully saturated rings. The van der Waals surface area contributed by atoms with E-state index < -0.39 is 5.60 Å². The smallest absolute Gasteiger partial charge is 0.410 e. The Morgan fingerprint density at radius 3 is 2.70 bits per heavy atom. The van der Waals surface area contributed by atoms with Crippen molar-refractivity contribution in [1.82, 2.24) is 4.90 Å². The SMILES string of the molecule is C[C@@H]1c2c(Br)ccc(F)c2CCN1C(=O)OC(C)(C)C. The lowest BCUT2D eigenvalue weighted by molar-refractivity contribution is 0.0157. The Hall–Kier alpha value is -1.10. The number of rotatable bonds is 0. The zero-order valence-electron chi connectivity index (χ0n) is 12.2. The average Bonchev–Trinajstić information content (AvgIpc) is 2.31. The molecule has 1 aliphatic rings. The number of fused-ring (bicyclic) bond motifs is 1. The van der Waals surface area contributed by atoms with E-state index in [0.29, 0.717) is 18.5 Å². The molecule has 0 aliphatic carbocycles. The van der Waals surface area contributed by atoms with Crippen LogP contribution in [0, 0.1) is 5.82 Å². The lowest BCUT2D eigenvalue weighted by Crippen LogP contribution is -2.42. The summed E-state index contributed by atoms with van der Waals surface area (Å²) in [6.45, 7) is 7.87. The number of carbonyl (C=O) groups excluding carboxylic acids is 1. The normalized spacial score (nSPS) is 18.7. The summed E-state index contributed by atoms with van der Waals surface area (Å²) in [7, 11) is 0. The van der Waals surface area contributed by atoms with Crippen LogP contribution in [0.15, 0.2) is 16.6 Å². The molecule has 1 aromatic rings. The van der Waals surface area contributed by atoms with Crippen molar-refractivity contribution < 1.29 is 13.9 Å². The molecule has 110 valence electrons. The first-order valence-corrected chi connectivity index (χ1v) is 7.46. The maximum Gasteiger partial charge on any atom is 0.410 e. The van der Waals surface area contributed by atoms with Gasteiger partial charge in [-0.25, -0.2) is 9.18 Å². The fourth-order valence-electron chi connectivity index (χ4n) is 2.47. The molecule has 1 atom stereocenters. The van der Waals surface area contributed by atoms with Gasteiger partial charge in [0.15, 0.2) is 0 Å². The molecule has 20 heavy (non-hydrogen) atoms. The number of halogens is 2. The Labute approximate surface area is 127 Å². The van der Waals surface area contributed by atoms with Crippen LogP contribution < -0.4 is 0 Å². The van der Waals surface area contributed by atoms with E-state index in [0.717, 1.165) is 10.0 Å². The summed E-state index contributed by atoms with van der Waals surface area (Å²) in [5, 5.41) is 0. The van der Waals surface area contributed by atoms with E-state index in [2.05, 4.69) is 15.9 Å². The summed E-state index contributed by atoms with van der Waals surface area (Å²) in [4.78, 5) is 13.9. The monoisotopic (exact) mass is 343 g/mol. The quantitative estimate of drug-likeness (QED) is 0.696. The van der Waals surface area contributed by atoms with Gasteiger partial charge in [0, 0.05) is 11.0 Å². The standard InChI is InChI=1S/C15H19BrFNO2/c1-9-13-10(12(17)6-5-11(13)16)7-8-18(9)14(19)20-15(2,3)4/h5-6,9H,7-8H2,1-4H3/t9-/m1/s1. The second kappa shape index (κ2) is 5.35. The first-order chi connectivity index (χ1) is 9.20. The van der Waals surface area contributed by atoms with Gasteiger partial charge in [0.2, 0.25) is 0 Å². The first kappa shape index (κ1) is 15.3. The zero-order chi connectivity index (χ0) is 15.1. The number of hydrogen-bond donors (Lipinski definition) is 0. The van der Waals surface area contributed by atoms with Gasteiger partial charge in [-0.3, -0.25) is 0 Å². The molecule has 0 radical (unpaired) electrons. The first-order valence-electron chi connectivity index (χ1n) is 6.67. The molecule has 1 aliphatic heterocycles. The highest BCUT2D eigenvalue weighted by Crippen LogP contribution is 2.36. The van der Waals surface area contributed by atoms with Gasteiger partial charge in [0.1, 0.15) is 11.4 Å². The molecule has 2 rings (SSSR count). The van der Waals surface area contributed by atoms with E-state index >= 15 is 0 Å². The highest BCUT2D eigenvalue weighted by Gasteiger charge is 2.33. The van der Waals surface area contributed by atoms with Crippen LogP contribution in [-0.2, 0) is 11.2 Å². The van der Waals surface area contributed by atoms with E-state index in [9.17, 15) is 9.18 Å². The van der Waals surface area contributed by atoms with Gasteiger partial charge >= 0.3 is 6.09 Å².